The minimum absolute atomic E-state index is 0.0149. The first-order valence-corrected chi connectivity index (χ1v) is 13.4. The van der Waals surface area contributed by atoms with Crippen LogP contribution in [-0.4, -0.2) is 32.9 Å². The van der Waals surface area contributed by atoms with Crippen LogP contribution >= 0.6 is 0 Å². The second-order valence-corrected chi connectivity index (χ2v) is 13.7. The van der Waals surface area contributed by atoms with E-state index in [-0.39, 0.29) is 17.2 Å². The van der Waals surface area contributed by atoms with Gasteiger partial charge in [-0.25, -0.2) is 0 Å². The molecule has 0 N–H and O–H groups in total. The first kappa shape index (κ1) is 23.9. The molecule has 1 saturated heterocycles. The van der Waals surface area contributed by atoms with Crippen molar-refractivity contribution in [1.82, 2.24) is 0 Å². The lowest BCUT2D eigenvalue weighted by atomic mass is 10.1. The van der Waals surface area contributed by atoms with E-state index in [2.05, 4.69) is 102 Å². The average Bonchev–Trinajstić information content (AvgIpc) is 3.20. The molecular formula is C27H38O3Si. The molecule has 1 heterocycles. The summed E-state index contributed by atoms with van der Waals surface area (Å²) in [6, 6.07) is 21.5. The smallest absolute Gasteiger partial charge is 0.261 e. The number of rotatable bonds is 9. The van der Waals surface area contributed by atoms with E-state index >= 15 is 0 Å². The zero-order valence-electron chi connectivity index (χ0n) is 19.8. The quantitative estimate of drug-likeness (QED) is 0.385. The van der Waals surface area contributed by atoms with Crippen LogP contribution in [0.5, 0.6) is 0 Å². The maximum Gasteiger partial charge on any atom is 0.261 e. The monoisotopic (exact) mass is 438 g/mol. The van der Waals surface area contributed by atoms with Crippen molar-refractivity contribution in [1.29, 1.82) is 0 Å². The predicted molar refractivity (Wildman–Crippen MR) is 131 cm³/mol. The Morgan fingerprint density at radius 1 is 1.03 bits per heavy atom. The molecule has 0 radical (unpaired) electrons. The molecule has 0 amide bonds. The Labute approximate surface area is 189 Å². The standard InChI is InChI=1S/C27H38O3Si/c1-7-22(20-23-21-28-27(8-2,9-3)29-23)30-31(26(4,5)6,24-16-12-10-13-17-24)25-18-14-11-15-19-25/h7,10-19,22-23H,1,8-9,20-21H2,2-6H3/t22-,23+/m1/s1. The van der Waals surface area contributed by atoms with Gasteiger partial charge in [0.15, 0.2) is 5.79 Å². The van der Waals surface area contributed by atoms with Crippen molar-refractivity contribution in [2.24, 2.45) is 0 Å². The second kappa shape index (κ2) is 9.82. The fraction of sp³-hybridized carbons (Fsp3) is 0.481. The molecule has 168 valence electrons. The summed E-state index contributed by atoms with van der Waals surface area (Å²) in [5, 5.41) is 2.49. The Morgan fingerprint density at radius 2 is 1.55 bits per heavy atom. The molecule has 0 aliphatic carbocycles. The maximum absolute atomic E-state index is 7.21. The Morgan fingerprint density at radius 3 is 1.94 bits per heavy atom. The van der Waals surface area contributed by atoms with Gasteiger partial charge in [-0.3, -0.25) is 0 Å². The SMILES string of the molecule is C=C[C@H](C[C@H]1COC(CC)(CC)O1)O[Si](c1ccccc1)(c1ccccc1)C(C)(C)C. The summed E-state index contributed by atoms with van der Waals surface area (Å²) >= 11 is 0. The Kier molecular flexibility index (Phi) is 7.58. The van der Waals surface area contributed by atoms with Crippen molar-refractivity contribution >= 4 is 18.7 Å². The van der Waals surface area contributed by atoms with Crippen molar-refractivity contribution in [3.05, 3.63) is 73.3 Å². The molecule has 3 nitrogen and oxygen atoms in total. The summed E-state index contributed by atoms with van der Waals surface area (Å²) in [4.78, 5) is 0. The van der Waals surface area contributed by atoms with Crippen molar-refractivity contribution in [3.8, 4) is 0 Å². The van der Waals surface area contributed by atoms with Crippen LogP contribution in [0.1, 0.15) is 53.9 Å². The molecule has 2 atom stereocenters. The van der Waals surface area contributed by atoms with Gasteiger partial charge in [-0.05, 0) is 28.3 Å². The first-order valence-electron chi connectivity index (χ1n) is 11.5. The van der Waals surface area contributed by atoms with E-state index < -0.39 is 14.1 Å². The molecular weight excluding hydrogens is 400 g/mol. The van der Waals surface area contributed by atoms with Crippen LogP contribution in [0, 0.1) is 0 Å². The van der Waals surface area contributed by atoms with Gasteiger partial charge in [0.1, 0.15) is 0 Å². The highest BCUT2D eigenvalue weighted by molar-refractivity contribution is 6.99. The molecule has 0 spiro atoms. The highest BCUT2D eigenvalue weighted by Crippen LogP contribution is 2.39. The van der Waals surface area contributed by atoms with Gasteiger partial charge in [0.05, 0.1) is 18.8 Å². The maximum atomic E-state index is 7.21. The molecule has 0 saturated carbocycles. The normalized spacial score (nSPS) is 19.8. The van der Waals surface area contributed by atoms with Gasteiger partial charge in [-0.15, -0.1) is 6.58 Å². The van der Waals surface area contributed by atoms with Gasteiger partial charge >= 0.3 is 0 Å². The van der Waals surface area contributed by atoms with E-state index in [1.54, 1.807) is 0 Å². The average molecular weight is 439 g/mol. The van der Waals surface area contributed by atoms with Gasteiger partial charge in [-0.2, -0.15) is 0 Å². The number of ether oxygens (including phenoxy) is 2. The van der Waals surface area contributed by atoms with E-state index in [9.17, 15) is 0 Å². The highest BCUT2D eigenvalue weighted by atomic mass is 28.4. The molecule has 0 bridgehead atoms. The van der Waals surface area contributed by atoms with Gasteiger partial charge < -0.3 is 13.9 Å². The van der Waals surface area contributed by atoms with E-state index in [1.165, 1.54) is 10.4 Å². The highest BCUT2D eigenvalue weighted by Gasteiger charge is 2.51. The van der Waals surface area contributed by atoms with Crippen LogP contribution in [0.2, 0.25) is 5.04 Å². The van der Waals surface area contributed by atoms with Crippen LogP contribution in [0.4, 0.5) is 0 Å². The lowest BCUT2D eigenvalue weighted by Gasteiger charge is -2.45. The summed E-state index contributed by atoms with van der Waals surface area (Å²) in [7, 11) is -2.63. The van der Waals surface area contributed by atoms with E-state index in [0.29, 0.717) is 6.61 Å². The van der Waals surface area contributed by atoms with Crippen LogP contribution in [0.25, 0.3) is 0 Å². The zero-order chi connectivity index (χ0) is 22.5. The fourth-order valence-corrected chi connectivity index (χ4v) is 9.38. The largest absolute Gasteiger partial charge is 0.401 e. The van der Waals surface area contributed by atoms with Crippen LogP contribution in [-0.2, 0) is 13.9 Å². The minimum Gasteiger partial charge on any atom is -0.401 e. The van der Waals surface area contributed by atoms with Crippen LogP contribution < -0.4 is 10.4 Å². The molecule has 2 aromatic rings. The lowest BCUT2D eigenvalue weighted by molar-refractivity contribution is -0.173. The predicted octanol–water partition coefficient (Wildman–Crippen LogP) is 5.44. The molecule has 2 aromatic carbocycles. The third-order valence-electron chi connectivity index (χ3n) is 6.49. The van der Waals surface area contributed by atoms with Crippen LogP contribution in [0.3, 0.4) is 0 Å². The summed E-state index contributed by atoms with van der Waals surface area (Å²) in [5.41, 5.74) is 0. The molecule has 0 aromatic heterocycles. The van der Waals surface area contributed by atoms with Crippen molar-refractivity contribution in [2.45, 2.75) is 76.9 Å². The third kappa shape index (κ3) is 4.88. The van der Waals surface area contributed by atoms with Gasteiger partial charge in [0, 0.05) is 6.42 Å². The van der Waals surface area contributed by atoms with E-state index in [1.807, 2.05) is 6.08 Å². The summed E-state index contributed by atoms with van der Waals surface area (Å²) in [5.74, 6) is -0.451. The summed E-state index contributed by atoms with van der Waals surface area (Å²) in [6.07, 6.45) is 4.30. The van der Waals surface area contributed by atoms with E-state index in [4.69, 9.17) is 13.9 Å². The Bertz CT molecular complexity index is 785. The molecule has 3 rings (SSSR count). The third-order valence-corrected chi connectivity index (χ3v) is 11.6. The summed E-state index contributed by atoms with van der Waals surface area (Å²) in [6.45, 7) is 15.9. The number of benzene rings is 2. The number of hydrogen-bond donors (Lipinski definition) is 0. The van der Waals surface area contributed by atoms with Gasteiger partial charge in [-0.1, -0.05) is 101 Å². The number of hydrogen-bond acceptors (Lipinski definition) is 3. The van der Waals surface area contributed by atoms with E-state index in [0.717, 1.165) is 19.3 Å². The molecule has 4 heteroatoms. The van der Waals surface area contributed by atoms with Crippen molar-refractivity contribution in [2.75, 3.05) is 6.61 Å². The van der Waals surface area contributed by atoms with Gasteiger partial charge in [0.25, 0.3) is 8.32 Å². The van der Waals surface area contributed by atoms with Crippen molar-refractivity contribution < 1.29 is 13.9 Å². The second-order valence-electron chi connectivity index (χ2n) is 9.46. The summed E-state index contributed by atoms with van der Waals surface area (Å²) < 4.78 is 19.6. The molecule has 1 aliphatic rings. The molecule has 31 heavy (non-hydrogen) atoms. The van der Waals surface area contributed by atoms with Crippen molar-refractivity contribution in [3.63, 3.8) is 0 Å². The Balaban J connectivity index is 1.97. The topological polar surface area (TPSA) is 27.7 Å². The lowest BCUT2D eigenvalue weighted by Crippen LogP contribution is -2.67. The van der Waals surface area contributed by atoms with Crippen LogP contribution in [0.15, 0.2) is 73.3 Å². The molecule has 0 unspecified atom stereocenters. The fourth-order valence-electron chi connectivity index (χ4n) is 4.72. The first-order chi connectivity index (χ1) is 14.8. The van der Waals surface area contributed by atoms with Gasteiger partial charge in [0.2, 0.25) is 0 Å². The Hall–Kier alpha value is -1.72. The molecule has 1 aliphatic heterocycles. The minimum atomic E-state index is -2.63. The zero-order valence-corrected chi connectivity index (χ0v) is 20.8. The molecule has 1 fully saturated rings.